The molecule has 13 heteroatoms. The molecule has 0 aliphatic rings. The molecule has 0 saturated heterocycles. The van der Waals surface area contributed by atoms with E-state index in [2.05, 4.69) is 35.9 Å². The Morgan fingerprint density at radius 2 is 1.79 bits per heavy atom. The summed E-state index contributed by atoms with van der Waals surface area (Å²) in [7, 11) is 0. The number of halogens is 3. The Hall–Kier alpha value is -4.78. The molecular formula is C26H21F3N8OS. The van der Waals surface area contributed by atoms with Gasteiger partial charge in [0.15, 0.2) is 5.13 Å². The van der Waals surface area contributed by atoms with E-state index < -0.39 is 17.6 Å². The lowest BCUT2D eigenvalue weighted by Gasteiger charge is -2.15. The van der Waals surface area contributed by atoms with Crippen LogP contribution in [-0.2, 0) is 6.18 Å². The van der Waals surface area contributed by atoms with E-state index in [1.165, 1.54) is 28.2 Å². The molecule has 198 valence electrons. The Bertz CT molecular complexity index is 1630. The summed E-state index contributed by atoms with van der Waals surface area (Å²) >= 11 is 1.42. The second-order valence-electron chi connectivity index (χ2n) is 8.45. The van der Waals surface area contributed by atoms with Crippen LogP contribution in [0.15, 0.2) is 72.6 Å². The molecule has 3 heterocycles. The number of imidazole rings is 1. The van der Waals surface area contributed by atoms with E-state index in [1.807, 2.05) is 12.3 Å². The Morgan fingerprint density at radius 3 is 2.51 bits per heavy atom. The number of nitrogens with zero attached hydrogens (tertiary/aromatic N) is 5. The van der Waals surface area contributed by atoms with Crippen LogP contribution in [-0.4, -0.2) is 30.4 Å². The molecule has 3 aromatic heterocycles. The van der Waals surface area contributed by atoms with Gasteiger partial charge in [-0.25, -0.2) is 15.0 Å². The number of thiazole rings is 1. The monoisotopic (exact) mass is 550 g/mol. The van der Waals surface area contributed by atoms with Gasteiger partial charge in [0.2, 0.25) is 5.95 Å². The van der Waals surface area contributed by atoms with Crippen molar-refractivity contribution in [3.8, 4) is 5.69 Å². The first-order valence-corrected chi connectivity index (χ1v) is 12.4. The molecule has 0 saturated carbocycles. The summed E-state index contributed by atoms with van der Waals surface area (Å²) in [5.74, 6) is 0.748. The molecule has 39 heavy (non-hydrogen) atoms. The van der Waals surface area contributed by atoms with Gasteiger partial charge in [-0.05, 0) is 55.8 Å². The molecular weight excluding hydrogens is 529 g/mol. The number of aryl methyl sites for hydroxylation is 2. The van der Waals surface area contributed by atoms with E-state index in [9.17, 15) is 18.0 Å². The third-order valence-corrected chi connectivity index (χ3v) is 6.36. The predicted octanol–water partition coefficient (Wildman–Crippen LogP) is 6.49. The van der Waals surface area contributed by atoms with Gasteiger partial charge in [0.05, 0.1) is 5.56 Å². The van der Waals surface area contributed by atoms with Crippen LogP contribution in [0.5, 0.6) is 0 Å². The van der Waals surface area contributed by atoms with E-state index >= 15 is 0 Å². The molecule has 0 aliphatic carbocycles. The minimum atomic E-state index is -4.60. The zero-order valence-corrected chi connectivity index (χ0v) is 21.4. The highest BCUT2D eigenvalue weighted by Gasteiger charge is 2.31. The molecule has 1 amide bonds. The van der Waals surface area contributed by atoms with Gasteiger partial charge in [0, 0.05) is 52.8 Å². The maximum atomic E-state index is 13.6. The van der Waals surface area contributed by atoms with Gasteiger partial charge >= 0.3 is 6.18 Å². The number of aromatic nitrogens is 5. The first kappa shape index (κ1) is 25.9. The van der Waals surface area contributed by atoms with Gasteiger partial charge in [0.25, 0.3) is 5.91 Å². The van der Waals surface area contributed by atoms with E-state index in [-0.39, 0.29) is 22.9 Å². The van der Waals surface area contributed by atoms with Crippen LogP contribution in [0.3, 0.4) is 0 Å². The quantitative estimate of drug-likeness (QED) is 0.212. The van der Waals surface area contributed by atoms with Crippen LogP contribution < -0.4 is 16.0 Å². The number of alkyl halides is 3. The highest BCUT2D eigenvalue weighted by molar-refractivity contribution is 7.13. The van der Waals surface area contributed by atoms with E-state index in [0.29, 0.717) is 22.5 Å². The molecule has 0 radical (unpaired) electrons. The smallest absolute Gasteiger partial charge is 0.324 e. The lowest BCUT2D eigenvalue weighted by atomic mass is 10.1. The average molecular weight is 551 g/mol. The normalized spacial score (nSPS) is 11.3. The largest absolute Gasteiger partial charge is 0.416 e. The number of amides is 1. The summed E-state index contributed by atoms with van der Waals surface area (Å²) in [5, 5.41) is 11.3. The fourth-order valence-corrected chi connectivity index (χ4v) is 4.28. The maximum absolute atomic E-state index is 13.6. The van der Waals surface area contributed by atoms with Gasteiger partial charge in [-0.3, -0.25) is 4.79 Å². The molecule has 0 aliphatic heterocycles. The molecule has 5 aromatic rings. The van der Waals surface area contributed by atoms with Crippen molar-refractivity contribution in [3.05, 3.63) is 95.1 Å². The molecule has 2 aromatic carbocycles. The Kier molecular flexibility index (Phi) is 6.98. The summed E-state index contributed by atoms with van der Waals surface area (Å²) in [5.41, 5.74) is 0.941. The first-order valence-electron chi connectivity index (χ1n) is 11.6. The van der Waals surface area contributed by atoms with Crippen LogP contribution in [0.1, 0.15) is 27.3 Å². The minimum absolute atomic E-state index is 0.00250. The topological polar surface area (TPSA) is 110 Å². The fraction of sp³-hybridized carbons (Fsp3) is 0.115. The first-order chi connectivity index (χ1) is 18.7. The number of hydrogen-bond donors (Lipinski definition) is 3. The lowest BCUT2D eigenvalue weighted by molar-refractivity contribution is -0.137. The van der Waals surface area contributed by atoms with Crippen molar-refractivity contribution < 1.29 is 18.0 Å². The third-order valence-electron chi connectivity index (χ3n) is 5.68. The third kappa shape index (κ3) is 6.04. The van der Waals surface area contributed by atoms with Crippen LogP contribution in [0.2, 0.25) is 0 Å². The van der Waals surface area contributed by atoms with Crippen molar-refractivity contribution >= 4 is 45.5 Å². The van der Waals surface area contributed by atoms with E-state index in [0.717, 1.165) is 17.7 Å². The fourth-order valence-electron chi connectivity index (χ4n) is 3.74. The van der Waals surface area contributed by atoms with E-state index in [4.69, 9.17) is 0 Å². The van der Waals surface area contributed by atoms with Gasteiger partial charge in [-0.1, -0.05) is 6.07 Å². The molecule has 0 fully saturated rings. The molecule has 3 N–H and O–H groups in total. The minimum Gasteiger partial charge on any atom is -0.324 e. The number of carbonyl (C=O) groups excluding carboxylic acids is 1. The Morgan fingerprint density at radius 1 is 0.949 bits per heavy atom. The van der Waals surface area contributed by atoms with Gasteiger partial charge < -0.3 is 20.5 Å². The highest BCUT2D eigenvalue weighted by atomic mass is 32.1. The van der Waals surface area contributed by atoms with Crippen molar-refractivity contribution in [2.75, 3.05) is 16.0 Å². The molecule has 9 nitrogen and oxygen atoms in total. The standard InChI is InChI=1S/C26H21F3N8OS/c1-15-3-4-17(11-21(15)34-24-31-6-5-22(35-24)36-25-32-8-10-39-25)23(38)33-19-12-18(26(27,28)29)13-20(14-19)37-9-7-30-16(37)2/h3-14H,1-2H3,(H,33,38)(H2,31,32,34,35,36). The van der Waals surface area contributed by atoms with Crippen molar-refractivity contribution in [1.82, 2.24) is 24.5 Å². The molecule has 0 atom stereocenters. The lowest BCUT2D eigenvalue weighted by Crippen LogP contribution is -2.15. The number of hydrogen-bond acceptors (Lipinski definition) is 8. The Labute approximate surface area is 224 Å². The van der Waals surface area contributed by atoms with Crippen LogP contribution in [0.25, 0.3) is 5.69 Å². The molecule has 0 bridgehead atoms. The average Bonchev–Trinajstić information content (AvgIpc) is 3.56. The van der Waals surface area contributed by atoms with Crippen molar-refractivity contribution in [1.29, 1.82) is 0 Å². The van der Waals surface area contributed by atoms with Crippen molar-refractivity contribution in [2.45, 2.75) is 20.0 Å². The predicted molar refractivity (Wildman–Crippen MR) is 143 cm³/mol. The van der Waals surface area contributed by atoms with E-state index in [1.54, 1.807) is 49.8 Å². The number of anilines is 5. The molecule has 0 unspecified atom stereocenters. The number of benzene rings is 2. The molecule has 5 rings (SSSR count). The summed E-state index contributed by atoms with van der Waals surface area (Å²) in [4.78, 5) is 30.0. The highest BCUT2D eigenvalue weighted by Crippen LogP contribution is 2.33. The number of rotatable bonds is 7. The zero-order valence-electron chi connectivity index (χ0n) is 20.6. The van der Waals surface area contributed by atoms with Gasteiger partial charge in [0.1, 0.15) is 11.6 Å². The van der Waals surface area contributed by atoms with Gasteiger partial charge in [-0.2, -0.15) is 18.2 Å². The summed E-state index contributed by atoms with van der Waals surface area (Å²) < 4.78 is 42.4. The number of nitrogens with one attached hydrogen (secondary N) is 3. The number of carbonyl (C=O) groups is 1. The SMILES string of the molecule is Cc1ccc(C(=O)Nc2cc(-n3ccnc3C)cc(C(F)(F)F)c2)cc1Nc1nccc(Nc2nccs2)n1. The Balaban J connectivity index is 1.38. The van der Waals surface area contributed by atoms with Crippen molar-refractivity contribution in [3.63, 3.8) is 0 Å². The second kappa shape index (κ2) is 10.5. The van der Waals surface area contributed by atoms with Gasteiger partial charge in [-0.15, -0.1) is 11.3 Å². The van der Waals surface area contributed by atoms with Crippen LogP contribution in [0.4, 0.5) is 41.4 Å². The zero-order chi connectivity index (χ0) is 27.6. The summed E-state index contributed by atoms with van der Waals surface area (Å²) in [6.07, 6.45) is 1.69. The molecule has 0 spiro atoms. The maximum Gasteiger partial charge on any atom is 0.416 e. The van der Waals surface area contributed by atoms with Crippen LogP contribution >= 0.6 is 11.3 Å². The van der Waals surface area contributed by atoms with Crippen molar-refractivity contribution in [2.24, 2.45) is 0 Å². The van der Waals surface area contributed by atoms with Crippen LogP contribution in [0, 0.1) is 13.8 Å². The summed E-state index contributed by atoms with van der Waals surface area (Å²) in [6, 6.07) is 9.96. The summed E-state index contributed by atoms with van der Waals surface area (Å²) in [6.45, 7) is 3.52. The second-order valence-corrected chi connectivity index (χ2v) is 9.34.